The first-order valence-corrected chi connectivity index (χ1v) is 13.6. The third kappa shape index (κ3) is 8.06. The highest BCUT2D eigenvalue weighted by Gasteiger charge is 2.23. The number of benzene rings is 1. The van der Waals surface area contributed by atoms with Crippen LogP contribution in [0.4, 0.5) is 4.39 Å². The van der Waals surface area contributed by atoms with E-state index in [4.69, 9.17) is 5.26 Å². The van der Waals surface area contributed by atoms with Crippen molar-refractivity contribution in [3.8, 4) is 6.07 Å². The SMILES string of the molecule is CCCCCCCCCC1CCC(C=CC2CCC(c3ccc(C#N)c(F)c3)CC2)CC1. The Hall–Kier alpha value is -1.62. The summed E-state index contributed by atoms with van der Waals surface area (Å²) in [5.74, 6) is 2.56. The van der Waals surface area contributed by atoms with E-state index in [2.05, 4.69) is 19.1 Å². The molecular formula is C30H44FN. The van der Waals surface area contributed by atoms with E-state index in [1.165, 1.54) is 89.9 Å². The van der Waals surface area contributed by atoms with Gasteiger partial charge < -0.3 is 0 Å². The van der Waals surface area contributed by atoms with Crippen LogP contribution in [0.15, 0.2) is 30.4 Å². The Morgan fingerprint density at radius 1 is 0.844 bits per heavy atom. The molecule has 32 heavy (non-hydrogen) atoms. The van der Waals surface area contributed by atoms with Crippen molar-refractivity contribution >= 4 is 0 Å². The van der Waals surface area contributed by atoms with Gasteiger partial charge in [-0.05, 0) is 92.7 Å². The number of rotatable bonds is 11. The summed E-state index contributed by atoms with van der Waals surface area (Å²) in [7, 11) is 0. The van der Waals surface area contributed by atoms with E-state index < -0.39 is 0 Å². The van der Waals surface area contributed by atoms with Crippen LogP contribution in [0, 0.1) is 34.9 Å². The topological polar surface area (TPSA) is 23.8 Å². The first kappa shape index (κ1) is 25.0. The van der Waals surface area contributed by atoms with Gasteiger partial charge in [0.05, 0.1) is 5.56 Å². The fraction of sp³-hybridized carbons (Fsp3) is 0.700. The van der Waals surface area contributed by atoms with Gasteiger partial charge in [0.1, 0.15) is 11.9 Å². The molecule has 0 radical (unpaired) electrons. The lowest BCUT2D eigenvalue weighted by Crippen LogP contribution is -2.15. The standard InChI is InChI=1S/C30H44FN/c1-2-3-4-5-6-7-8-9-24-10-12-25(13-11-24)14-15-26-16-18-27(19-17-26)28-20-21-29(23-32)30(31)22-28/h14-15,20-22,24-27H,2-13,16-19H2,1H3. The lowest BCUT2D eigenvalue weighted by Gasteiger charge is -2.29. The van der Waals surface area contributed by atoms with E-state index in [1.807, 2.05) is 12.1 Å². The summed E-state index contributed by atoms with van der Waals surface area (Å²) in [6, 6.07) is 7.10. The quantitative estimate of drug-likeness (QED) is 0.250. The fourth-order valence-electron chi connectivity index (χ4n) is 5.89. The van der Waals surface area contributed by atoms with Crippen molar-refractivity contribution < 1.29 is 4.39 Å². The molecule has 2 fully saturated rings. The summed E-state index contributed by atoms with van der Waals surface area (Å²) in [6.07, 6.45) is 26.8. The summed E-state index contributed by atoms with van der Waals surface area (Å²) >= 11 is 0. The predicted octanol–water partition coefficient (Wildman–Crippen LogP) is 9.47. The Balaban J connectivity index is 1.29. The van der Waals surface area contributed by atoms with E-state index in [0.717, 1.165) is 30.2 Å². The molecule has 2 saturated carbocycles. The molecule has 2 heteroatoms. The Morgan fingerprint density at radius 2 is 1.44 bits per heavy atom. The van der Waals surface area contributed by atoms with Gasteiger partial charge >= 0.3 is 0 Å². The fourth-order valence-corrected chi connectivity index (χ4v) is 5.89. The summed E-state index contributed by atoms with van der Waals surface area (Å²) in [6.45, 7) is 2.29. The summed E-state index contributed by atoms with van der Waals surface area (Å²) < 4.78 is 13.9. The zero-order chi connectivity index (χ0) is 22.6. The van der Waals surface area contributed by atoms with Gasteiger partial charge in [0.15, 0.2) is 0 Å². The number of hydrogen-bond acceptors (Lipinski definition) is 1. The van der Waals surface area contributed by atoms with Crippen molar-refractivity contribution in [2.75, 3.05) is 0 Å². The highest BCUT2D eigenvalue weighted by molar-refractivity contribution is 5.35. The van der Waals surface area contributed by atoms with E-state index in [1.54, 1.807) is 12.1 Å². The van der Waals surface area contributed by atoms with Crippen LogP contribution in [0.2, 0.25) is 0 Å². The molecule has 1 nitrogen and oxygen atoms in total. The molecule has 0 heterocycles. The van der Waals surface area contributed by atoms with Crippen molar-refractivity contribution in [2.24, 2.45) is 17.8 Å². The van der Waals surface area contributed by atoms with Crippen LogP contribution in [-0.2, 0) is 0 Å². The van der Waals surface area contributed by atoms with Crippen molar-refractivity contribution in [1.82, 2.24) is 0 Å². The third-order valence-electron chi connectivity index (χ3n) is 8.12. The van der Waals surface area contributed by atoms with Crippen LogP contribution in [0.1, 0.15) is 127 Å². The Labute approximate surface area is 196 Å². The second-order valence-electron chi connectivity index (χ2n) is 10.5. The van der Waals surface area contributed by atoms with Gasteiger partial charge in [0.2, 0.25) is 0 Å². The van der Waals surface area contributed by atoms with E-state index >= 15 is 0 Å². The maximum atomic E-state index is 13.9. The monoisotopic (exact) mass is 437 g/mol. The molecule has 2 aliphatic rings. The average Bonchev–Trinajstić information content (AvgIpc) is 2.83. The van der Waals surface area contributed by atoms with Gasteiger partial charge in [-0.15, -0.1) is 0 Å². The number of unbranched alkanes of at least 4 members (excludes halogenated alkanes) is 6. The molecule has 0 bridgehead atoms. The highest BCUT2D eigenvalue weighted by Crippen LogP contribution is 2.38. The summed E-state index contributed by atoms with van der Waals surface area (Å²) in [5, 5.41) is 8.92. The number of nitrogens with zero attached hydrogens (tertiary/aromatic N) is 1. The Bertz CT molecular complexity index is 730. The van der Waals surface area contributed by atoms with E-state index in [-0.39, 0.29) is 11.4 Å². The molecule has 2 aliphatic carbocycles. The minimum atomic E-state index is -0.366. The van der Waals surface area contributed by atoms with Gasteiger partial charge in [-0.25, -0.2) is 4.39 Å². The molecule has 1 aromatic carbocycles. The Morgan fingerprint density at radius 3 is 2.03 bits per heavy atom. The maximum Gasteiger partial charge on any atom is 0.141 e. The Kier molecular flexibility index (Phi) is 10.8. The molecule has 0 aliphatic heterocycles. The molecule has 0 saturated heterocycles. The van der Waals surface area contributed by atoms with Crippen molar-refractivity contribution in [3.63, 3.8) is 0 Å². The third-order valence-corrected chi connectivity index (χ3v) is 8.12. The highest BCUT2D eigenvalue weighted by atomic mass is 19.1. The van der Waals surface area contributed by atoms with Crippen molar-refractivity contribution in [1.29, 1.82) is 5.26 Å². The van der Waals surface area contributed by atoms with Crippen LogP contribution in [0.25, 0.3) is 0 Å². The minimum Gasteiger partial charge on any atom is -0.206 e. The number of allylic oxidation sites excluding steroid dienone is 2. The second kappa shape index (κ2) is 13.8. The van der Waals surface area contributed by atoms with Crippen LogP contribution in [0.5, 0.6) is 0 Å². The molecular weight excluding hydrogens is 393 g/mol. The van der Waals surface area contributed by atoms with Gasteiger partial charge in [-0.3, -0.25) is 0 Å². The normalized spacial score (nSPS) is 26.3. The number of halogens is 1. The molecule has 0 unspecified atom stereocenters. The zero-order valence-corrected chi connectivity index (χ0v) is 20.3. The first-order valence-electron chi connectivity index (χ1n) is 13.6. The van der Waals surface area contributed by atoms with Crippen LogP contribution in [-0.4, -0.2) is 0 Å². The van der Waals surface area contributed by atoms with Crippen molar-refractivity contribution in [3.05, 3.63) is 47.3 Å². The van der Waals surface area contributed by atoms with Gasteiger partial charge in [-0.2, -0.15) is 5.26 Å². The van der Waals surface area contributed by atoms with Gasteiger partial charge in [-0.1, -0.05) is 76.5 Å². The zero-order valence-electron chi connectivity index (χ0n) is 20.3. The molecule has 0 atom stereocenters. The lowest BCUT2D eigenvalue weighted by molar-refractivity contribution is 0.287. The molecule has 1 aromatic rings. The molecule has 0 spiro atoms. The van der Waals surface area contributed by atoms with Crippen LogP contribution in [0.3, 0.4) is 0 Å². The number of nitriles is 1. The second-order valence-corrected chi connectivity index (χ2v) is 10.5. The molecule has 3 rings (SSSR count). The largest absolute Gasteiger partial charge is 0.206 e. The average molecular weight is 438 g/mol. The van der Waals surface area contributed by atoms with Crippen LogP contribution < -0.4 is 0 Å². The minimum absolute atomic E-state index is 0.155. The van der Waals surface area contributed by atoms with E-state index in [0.29, 0.717) is 11.8 Å². The van der Waals surface area contributed by atoms with Crippen LogP contribution >= 0.6 is 0 Å². The molecule has 0 N–H and O–H groups in total. The first-order chi connectivity index (χ1) is 15.7. The van der Waals surface area contributed by atoms with Crippen molar-refractivity contribution in [2.45, 2.75) is 116 Å². The molecule has 0 amide bonds. The predicted molar refractivity (Wildman–Crippen MR) is 133 cm³/mol. The number of hydrogen-bond donors (Lipinski definition) is 0. The summed E-state index contributed by atoms with van der Waals surface area (Å²) in [5.41, 5.74) is 1.23. The maximum absolute atomic E-state index is 13.9. The van der Waals surface area contributed by atoms with Gasteiger partial charge in [0.25, 0.3) is 0 Å². The molecule has 0 aromatic heterocycles. The smallest absolute Gasteiger partial charge is 0.141 e. The lowest BCUT2D eigenvalue weighted by atomic mass is 9.76. The van der Waals surface area contributed by atoms with E-state index in [9.17, 15) is 4.39 Å². The summed E-state index contributed by atoms with van der Waals surface area (Å²) in [4.78, 5) is 0. The molecule has 176 valence electrons. The van der Waals surface area contributed by atoms with Gasteiger partial charge in [0, 0.05) is 0 Å².